The first-order valence-electron chi connectivity index (χ1n) is 9.72. The standard InChI is InChI=1S/C21H27ClN2O5S/c1-4-6-11-29-20-18(22)12-16(13-19(20)28-5-2)21(25)24-14-15-7-9-17(10-8-15)30(26,27)23-3/h7-10,12-13,23H,4-6,11,14H2,1-3H3,(H,24,25). The van der Waals surface area contributed by atoms with E-state index in [9.17, 15) is 13.2 Å². The summed E-state index contributed by atoms with van der Waals surface area (Å²) >= 11 is 6.34. The van der Waals surface area contributed by atoms with Gasteiger partial charge in [-0.2, -0.15) is 0 Å². The Balaban J connectivity index is 2.11. The number of carbonyl (C=O) groups is 1. The van der Waals surface area contributed by atoms with Gasteiger partial charge in [-0.1, -0.05) is 37.1 Å². The van der Waals surface area contributed by atoms with Gasteiger partial charge in [0.05, 0.1) is 23.1 Å². The van der Waals surface area contributed by atoms with E-state index in [1.54, 1.807) is 24.3 Å². The van der Waals surface area contributed by atoms with Gasteiger partial charge in [0.2, 0.25) is 10.0 Å². The van der Waals surface area contributed by atoms with Crippen LogP contribution in [0.25, 0.3) is 0 Å². The largest absolute Gasteiger partial charge is 0.490 e. The molecule has 0 heterocycles. The molecule has 0 unspecified atom stereocenters. The minimum Gasteiger partial charge on any atom is -0.490 e. The summed E-state index contributed by atoms with van der Waals surface area (Å²) in [7, 11) is -2.14. The van der Waals surface area contributed by atoms with Crippen LogP contribution in [0, 0.1) is 0 Å². The van der Waals surface area contributed by atoms with E-state index in [-0.39, 0.29) is 17.3 Å². The molecule has 0 spiro atoms. The second-order valence-electron chi connectivity index (χ2n) is 6.45. The lowest BCUT2D eigenvalue weighted by Gasteiger charge is -2.15. The molecule has 2 aromatic carbocycles. The van der Waals surface area contributed by atoms with Crippen LogP contribution in [0.5, 0.6) is 11.5 Å². The van der Waals surface area contributed by atoms with Gasteiger partial charge in [0.1, 0.15) is 0 Å². The minimum absolute atomic E-state index is 0.159. The van der Waals surface area contributed by atoms with Crippen LogP contribution in [0.15, 0.2) is 41.3 Å². The molecule has 9 heteroatoms. The highest BCUT2D eigenvalue weighted by atomic mass is 35.5. The Bertz CT molecular complexity index is 962. The summed E-state index contributed by atoms with van der Waals surface area (Å²) < 4.78 is 37.1. The van der Waals surface area contributed by atoms with E-state index in [2.05, 4.69) is 17.0 Å². The fraction of sp³-hybridized carbons (Fsp3) is 0.381. The Hall–Kier alpha value is -2.29. The van der Waals surface area contributed by atoms with Crippen LogP contribution in [0.2, 0.25) is 5.02 Å². The minimum atomic E-state index is -3.49. The Morgan fingerprint density at radius 1 is 1.10 bits per heavy atom. The quantitative estimate of drug-likeness (QED) is 0.504. The maximum absolute atomic E-state index is 12.6. The average Bonchev–Trinajstić information content (AvgIpc) is 2.74. The Labute approximate surface area is 182 Å². The zero-order chi connectivity index (χ0) is 22.1. The van der Waals surface area contributed by atoms with Crippen molar-refractivity contribution in [1.29, 1.82) is 0 Å². The molecule has 2 rings (SSSR count). The van der Waals surface area contributed by atoms with Crippen LogP contribution < -0.4 is 19.5 Å². The highest BCUT2D eigenvalue weighted by Crippen LogP contribution is 2.37. The number of rotatable bonds is 11. The third kappa shape index (κ3) is 6.35. The van der Waals surface area contributed by atoms with Gasteiger partial charge in [-0.05, 0) is 50.2 Å². The summed E-state index contributed by atoms with van der Waals surface area (Å²) in [4.78, 5) is 12.8. The average molecular weight is 455 g/mol. The van der Waals surface area contributed by atoms with E-state index >= 15 is 0 Å². The van der Waals surface area contributed by atoms with E-state index in [4.69, 9.17) is 21.1 Å². The monoisotopic (exact) mass is 454 g/mol. The van der Waals surface area contributed by atoms with E-state index in [1.165, 1.54) is 19.2 Å². The molecule has 0 fully saturated rings. The van der Waals surface area contributed by atoms with Gasteiger partial charge >= 0.3 is 0 Å². The fourth-order valence-corrected chi connectivity index (χ4v) is 3.60. The van der Waals surface area contributed by atoms with Crippen LogP contribution >= 0.6 is 11.6 Å². The number of nitrogens with one attached hydrogen (secondary N) is 2. The maximum atomic E-state index is 12.6. The van der Waals surface area contributed by atoms with Crippen LogP contribution in [-0.2, 0) is 16.6 Å². The van der Waals surface area contributed by atoms with E-state index in [0.29, 0.717) is 35.3 Å². The fourth-order valence-electron chi connectivity index (χ4n) is 2.61. The summed E-state index contributed by atoms with van der Waals surface area (Å²) in [6.07, 6.45) is 1.88. The predicted octanol–water partition coefficient (Wildman–Crippen LogP) is 3.76. The predicted molar refractivity (Wildman–Crippen MR) is 117 cm³/mol. The molecular weight excluding hydrogens is 428 g/mol. The Kier molecular flexibility index (Phi) is 8.95. The summed E-state index contributed by atoms with van der Waals surface area (Å²) in [5.41, 5.74) is 1.11. The lowest BCUT2D eigenvalue weighted by molar-refractivity contribution is 0.0950. The Morgan fingerprint density at radius 3 is 2.40 bits per heavy atom. The summed E-state index contributed by atoms with van der Waals surface area (Å²) in [6.45, 7) is 5.06. The van der Waals surface area contributed by atoms with Gasteiger partial charge in [0.15, 0.2) is 11.5 Å². The molecule has 0 aliphatic rings. The van der Waals surface area contributed by atoms with Crippen LogP contribution in [0.1, 0.15) is 42.6 Å². The first-order chi connectivity index (χ1) is 14.3. The molecule has 0 bridgehead atoms. The molecule has 1 amide bonds. The van der Waals surface area contributed by atoms with Crippen LogP contribution in [0.3, 0.4) is 0 Å². The number of ether oxygens (including phenoxy) is 2. The van der Waals surface area contributed by atoms with Crippen LogP contribution in [0.4, 0.5) is 0 Å². The van der Waals surface area contributed by atoms with Crippen molar-refractivity contribution in [3.8, 4) is 11.5 Å². The third-order valence-electron chi connectivity index (χ3n) is 4.27. The van der Waals surface area contributed by atoms with Crippen LogP contribution in [-0.4, -0.2) is 34.6 Å². The first-order valence-corrected chi connectivity index (χ1v) is 11.6. The molecule has 7 nitrogen and oxygen atoms in total. The molecule has 0 atom stereocenters. The van der Waals surface area contributed by atoms with Gasteiger partial charge in [-0.25, -0.2) is 13.1 Å². The second kappa shape index (κ2) is 11.2. The van der Waals surface area contributed by atoms with Crippen molar-refractivity contribution < 1.29 is 22.7 Å². The zero-order valence-corrected chi connectivity index (χ0v) is 18.9. The van der Waals surface area contributed by atoms with Crippen molar-refractivity contribution in [3.63, 3.8) is 0 Å². The molecule has 0 aromatic heterocycles. The van der Waals surface area contributed by atoms with E-state index in [1.807, 2.05) is 6.92 Å². The number of carbonyl (C=O) groups excluding carboxylic acids is 1. The molecule has 0 aliphatic heterocycles. The van der Waals surface area contributed by atoms with Crippen molar-refractivity contribution in [2.75, 3.05) is 20.3 Å². The third-order valence-corrected chi connectivity index (χ3v) is 5.98. The first kappa shape index (κ1) is 24.0. The molecular formula is C21H27ClN2O5S. The number of amides is 1. The molecule has 2 aromatic rings. The summed E-state index contributed by atoms with van der Waals surface area (Å²) in [6, 6.07) is 9.42. The van der Waals surface area contributed by atoms with Crippen molar-refractivity contribution in [2.45, 2.75) is 38.1 Å². The lowest BCUT2D eigenvalue weighted by atomic mass is 10.1. The van der Waals surface area contributed by atoms with E-state index < -0.39 is 10.0 Å². The summed E-state index contributed by atoms with van der Waals surface area (Å²) in [5, 5.41) is 3.11. The second-order valence-corrected chi connectivity index (χ2v) is 8.75. The smallest absolute Gasteiger partial charge is 0.251 e. The maximum Gasteiger partial charge on any atom is 0.251 e. The number of halogens is 1. The normalized spacial score (nSPS) is 11.2. The van der Waals surface area contributed by atoms with Gasteiger partial charge in [-0.3, -0.25) is 4.79 Å². The lowest BCUT2D eigenvalue weighted by Crippen LogP contribution is -2.23. The molecule has 2 N–H and O–H groups in total. The van der Waals surface area contributed by atoms with Gasteiger partial charge in [0, 0.05) is 12.1 Å². The SMILES string of the molecule is CCCCOc1c(Cl)cc(C(=O)NCc2ccc(S(=O)(=O)NC)cc2)cc1OCC. The van der Waals surface area contributed by atoms with Gasteiger partial charge in [-0.15, -0.1) is 0 Å². The summed E-state index contributed by atoms with van der Waals surface area (Å²) in [5.74, 6) is 0.530. The number of hydrogen-bond acceptors (Lipinski definition) is 5. The number of sulfonamides is 1. The van der Waals surface area contributed by atoms with E-state index in [0.717, 1.165) is 18.4 Å². The van der Waals surface area contributed by atoms with Crippen molar-refractivity contribution in [2.24, 2.45) is 0 Å². The molecule has 0 saturated carbocycles. The number of benzene rings is 2. The molecule has 0 aliphatic carbocycles. The van der Waals surface area contributed by atoms with Gasteiger partial charge < -0.3 is 14.8 Å². The van der Waals surface area contributed by atoms with Crippen molar-refractivity contribution in [1.82, 2.24) is 10.0 Å². The molecule has 30 heavy (non-hydrogen) atoms. The Morgan fingerprint density at radius 2 is 1.80 bits per heavy atom. The van der Waals surface area contributed by atoms with Crippen molar-refractivity contribution >= 4 is 27.5 Å². The highest BCUT2D eigenvalue weighted by Gasteiger charge is 2.17. The molecule has 0 radical (unpaired) electrons. The van der Waals surface area contributed by atoms with Crippen molar-refractivity contribution in [3.05, 3.63) is 52.5 Å². The number of hydrogen-bond donors (Lipinski definition) is 2. The molecule has 164 valence electrons. The zero-order valence-electron chi connectivity index (χ0n) is 17.3. The highest BCUT2D eigenvalue weighted by molar-refractivity contribution is 7.89. The van der Waals surface area contributed by atoms with Gasteiger partial charge in [0.25, 0.3) is 5.91 Å². The topological polar surface area (TPSA) is 93.7 Å². The molecule has 0 saturated heterocycles. The number of unbranched alkanes of at least 4 members (excludes halogenated alkanes) is 1.